The molecule has 0 aliphatic carbocycles. The number of rotatable bonds is 3. The Balaban J connectivity index is 0.000000179. The van der Waals surface area contributed by atoms with Gasteiger partial charge in [-0.15, -0.1) is 0 Å². The molecule has 0 saturated heterocycles. The van der Waals surface area contributed by atoms with Crippen molar-refractivity contribution >= 4 is 39.6 Å². The van der Waals surface area contributed by atoms with Gasteiger partial charge in [0.05, 0.1) is 5.56 Å². The summed E-state index contributed by atoms with van der Waals surface area (Å²) in [7, 11) is 0. The minimum atomic E-state index is -0.617. The normalized spacial score (nSPS) is 10.1. The second kappa shape index (κ2) is 9.32. The number of carbonyl (C=O) groups excluding carboxylic acids is 2. The minimum absolute atomic E-state index is 0.0730. The molecular weight excluding hydrogens is 392 g/mol. The highest BCUT2D eigenvalue weighted by molar-refractivity contribution is 6.05. The zero-order chi connectivity index (χ0) is 22.4. The molecule has 7 nitrogen and oxygen atoms in total. The molecular formula is C24H22N4O3. The summed E-state index contributed by atoms with van der Waals surface area (Å²) in [6.45, 7) is 0. The Morgan fingerprint density at radius 1 is 0.742 bits per heavy atom. The van der Waals surface area contributed by atoms with Crippen LogP contribution in [0.25, 0.3) is 10.8 Å². The van der Waals surface area contributed by atoms with Gasteiger partial charge in [-0.2, -0.15) is 0 Å². The number of fused-ring (bicyclic) bond motifs is 1. The smallest absolute Gasteiger partial charge is 0.255 e. The van der Waals surface area contributed by atoms with Gasteiger partial charge in [0.2, 0.25) is 0 Å². The van der Waals surface area contributed by atoms with Crippen LogP contribution < -0.4 is 22.5 Å². The molecule has 4 rings (SSSR count). The third kappa shape index (κ3) is 5.51. The maximum Gasteiger partial charge on any atom is 0.255 e. The third-order valence-corrected chi connectivity index (χ3v) is 4.42. The van der Waals surface area contributed by atoms with Crippen LogP contribution in [0.15, 0.2) is 84.9 Å². The Kier molecular flexibility index (Phi) is 6.37. The first-order valence-corrected chi connectivity index (χ1v) is 9.37. The molecule has 0 aliphatic rings. The van der Waals surface area contributed by atoms with Gasteiger partial charge in [-0.3, -0.25) is 9.59 Å². The highest BCUT2D eigenvalue weighted by Crippen LogP contribution is 2.24. The van der Waals surface area contributed by atoms with E-state index in [2.05, 4.69) is 5.32 Å². The van der Waals surface area contributed by atoms with Crippen LogP contribution in [0, 0.1) is 0 Å². The fraction of sp³-hybridized carbons (Fsp3) is 0. The van der Waals surface area contributed by atoms with Crippen LogP contribution >= 0.6 is 0 Å². The molecule has 31 heavy (non-hydrogen) atoms. The number of nitrogens with two attached hydrogens (primary N) is 3. The largest absolute Gasteiger partial charge is 0.507 e. The lowest BCUT2D eigenvalue weighted by Crippen LogP contribution is -2.12. The van der Waals surface area contributed by atoms with E-state index in [9.17, 15) is 14.7 Å². The molecule has 0 aliphatic heterocycles. The van der Waals surface area contributed by atoms with E-state index in [1.807, 2.05) is 24.3 Å². The average molecular weight is 414 g/mol. The van der Waals surface area contributed by atoms with Crippen LogP contribution in [0.4, 0.5) is 17.1 Å². The molecule has 0 heterocycles. The van der Waals surface area contributed by atoms with E-state index in [1.165, 1.54) is 6.07 Å². The maximum absolute atomic E-state index is 11.9. The van der Waals surface area contributed by atoms with Crippen molar-refractivity contribution in [3.63, 3.8) is 0 Å². The van der Waals surface area contributed by atoms with E-state index in [1.54, 1.807) is 54.6 Å². The second-order valence-corrected chi connectivity index (χ2v) is 6.79. The number of anilines is 3. The average Bonchev–Trinajstić information content (AvgIpc) is 2.73. The minimum Gasteiger partial charge on any atom is -0.507 e. The monoisotopic (exact) mass is 414 g/mol. The van der Waals surface area contributed by atoms with E-state index in [0.29, 0.717) is 22.6 Å². The van der Waals surface area contributed by atoms with Gasteiger partial charge in [0, 0.05) is 22.6 Å². The van der Waals surface area contributed by atoms with Gasteiger partial charge in [-0.05, 0) is 59.3 Å². The van der Waals surface area contributed by atoms with Gasteiger partial charge in [-0.25, -0.2) is 0 Å². The molecule has 0 fully saturated rings. The molecule has 0 aromatic heterocycles. The van der Waals surface area contributed by atoms with Crippen molar-refractivity contribution < 1.29 is 14.7 Å². The van der Waals surface area contributed by atoms with E-state index in [0.717, 1.165) is 10.8 Å². The van der Waals surface area contributed by atoms with Gasteiger partial charge in [0.1, 0.15) is 5.75 Å². The van der Waals surface area contributed by atoms with Crippen LogP contribution in [-0.4, -0.2) is 16.9 Å². The summed E-state index contributed by atoms with van der Waals surface area (Å²) in [6, 6.07) is 24.4. The molecule has 4 aromatic carbocycles. The lowest BCUT2D eigenvalue weighted by molar-refractivity contribution is 0.0995. The standard InChI is InChI=1S/C13H13N3O.C11H9NO2/c14-10-4-1-3-9(7-10)13(17)16-12-6-2-5-11(15)8-12;12-11(14)9-5-7-3-1-2-4-8(7)6-10(9)13/h1-8H,14-15H2,(H,16,17);1-6,13H,(H2,12,14). The summed E-state index contributed by atoms with van der Waals surface area (Å²) in [4.78, 5) is 22.8. The number of carbonyl (C=O) groups is 2. The van der Waals surface area contributed by atoms with E-state index >= 15 is 0 Å². The van der Waals surface area contributed by atoms with Crippen LogP contribution in [-0.2, 0) is 0 Å². The summed E-state index contributed by atoms with van der Waals surface area (Å²) in [5.41, 5.74) is 18.9. The van der Waals surface area contributed by atoms with Crippen molar-refractivity contribution in [1.29, 1.82) is 0 Å². The molecule has 156 valence electrons. The summed E-state index contributed by atoms with van der Waals surface area (Å²) >= 11 is 0. The molecule has 4 aromatic rings. The lowest BCUT2D eigenvalue weighted by atomic mass is 10.1. The van der Waals surface area contributed by atoms with Crippen LogP contribution in [0.5, 0.6) is 5.75 Å². The number of hydrogen-bond acceptors (Lipinski definition) is 5. The molecule has 0 unspecified atom stereocenters. The molecule has 8 N–H and O–H groups in total. The fourth-order valence-corrected chi connectivity index (χ4v) is 2.93. The highest BCUT2D eigenvalue weighted by Gasteiger charge is 2.08. The van der Waals surface area contributed by atoms with Crippen LogP contribution in [0.1, 0.15) is 20.7 Å². The van der Waals surface area contributed by atoms with Crippen LogP contribution in [0.2, 0.25) is 0 Å². The molecule has 2 amide bonds. The van der Waals surface area contributed by atoms with Crippen molar-refractivity contribution in [2.75, 3.05) is 16.8 Å². The number of nitrogen functional groups attached to an aromatic ring is 2. The summed E-state index contributed by atoms with van der Waals surface area (Å²) in [5.74, 6) is -0.896. The van der Waals surface area contributed by atoms with Gasteiger partial charge in [-0.1, -0.05) is 36.4 Å². The van der Waals surface area contributed by atoms with E-state index in [-0.39, 0.29) is 17.2 Å². The predicted octanol–water partition coefficient (Wildman–Crippen LogP) is 3.75. The van der Waals surface area contributed by atoms with Crippen molar-refractivity contribution in [2.45, 2.75) is 0 Å². The molecule has 0 atom stereocenters. The van der Waals surface area contributed by atoms with Gasteiger partial charge < -0.3 is 27.6 Å². The number of aromatic hydroxyl groups is 1. The van der Waals surface area contributed by atoms with Gasteiger partial charge in [0.15, 0.2) is 0 Å². The number of hydrogen-bond donors (Lipinski definition) is 5. The first kappa shape index (κ1) is 21.2. The van der Waals surface area contributed by atoms with Crippen molar-refractivity contribution in [3.05, 3.63) is 96.1 Å². The van der Waals surface area contributed by atoms with Crippen molar-refractivity contribution in [3.8, 4) is 5.75 Å². The Labute approximate surface area is 179 Å². The quantitative estimate of drug-likeness (QED) is 0.324. The zero-order valence-corrected chi connectivity index (χ0v) is 16.6. The summed E-state index contributed by atoms with van der Waals surface area (Å²) < 4.78 is 0. The molecule has 0 radical (unpaired) electrons. The zero-order valence-electron chi connectivity index (χ0n) is 16.6. The highest BCUT2D eigenvalue weighted by atomic mass is 16.3. The number of benzene rings is 4. The first-order valence-electron chi connectivity index (χ1n) is 9.37. The van der Waals surface area contributed by atoms with Crippen molar-refractivity contribution in [1.82, 2.24) is 0 Å². The van der Waals surface area contributed by atoms with Crippen LogP contribution in [0.3, 0.4) is 0 Å². The lowest BCUT2D eigenvalue weighted by Gasteiger charge is -2.06. The third-order valence-electron chi connectivity index (χ3n) is 4.42. The Morgan fingerprint density at radius 2 is 1.35 bits per heavy atom. The molecule has 7 heteroatoms. The molecule has 0 bridgehead atoms. The summed E-state index contributed by atoms with van der Waals surface area (Å²) in [5, 5.41) is 14.0. The SMILES string of the molecule is NC(=O)c1cc2ccccc2cc1O.Nc1cccc(NC(=O)c2cccc(N)c2)c1. The van der Waals surface area contributed by atoms with Gasteiger partial charge >= 0.3 is 0 Å². The second-order valence-electron chi connectivity index (χ2n) is 6.79. The van der Waals surface area contributed by atoms with E-state index in [4.69, 9.17) is 17.2 Å². The summed E-state index contributed by atoms with van der Waals surface area (Å²) in [6.07, 6.45) is 0. The molecule has 0 spiro atoms. The Hall–Kier alpha value is -4.52. The Bertz CT molecular complexity index is 1250. The first-order chi connectivity index (χ1) is 14.8. The number of primary amides is 1. The van der Waals surface area contributed by atoms with Gasteiger partial charge in [0.25, 0.3) is 11.8 Å². The number of nitrogens with one attached hydrogen (secondary N) is 1. The topological polar surface area (TPSA) is 144 Å². The fourth-order valence-electron chi connectivity index (χ4n) is 2.93. The number of phenols is 1. The maximum atomic E-state index is 11.9. The van der Waals surface area contributed by atoms with E-state index < -0.39 is 5.91 Å². The van der Waals surface area contributed by atoms with Crippen molar-refractivity contribution in [2.24, 2.45) is 5.73 Å². The molecule has 0 saturated carbocycles. The Morgan fingerprint density at radius 3 is 1.97 bits per heavy atom. The number of amides is 2. The predicted molar refractivity (Wildman–Crippen MR) is 124 cm³/mol.